The van der Waals surface area contributed by atoms with Crippen molar-refractivity contribution in [2.24, 2.45) is 5.73 Å². The van der Waals surface area contributed by atoms with Crippen LogP contribution < -0.4 is 11.1 Å². The Morgan fingerprint density at radius 3 is 2.95 bits per heavy atom. The summed E-state index contributed by atoms with van der Waals surface area (Å²) in [7, 11) is 0. The number of carbonyl (C=O) groups excluding carboxylic acids is 1. The van der Waals surface area contributed by atoms with Gasteiger partial charge in [-0.25, -0.2) is 9.78 Å². The fourth-order valence-corrected chi connectivity index (χ4v) is 2.08. The van der Waals surface area contributed by atoms with Crippen molar-refractivity contribution >= 4 is 17.5 Å². The Morgan fingerprint density at radius 2 is 2.37 bits per heavy atom. The van der Waals surface area contributed by atoms with Gasteiger partial charge in [0.2, 0.25) is 0 Å². The van der Waals surface area contributed by atoms with E-state index in [-0.39, 0.29) is 11.7 Å². The molecule has 1 aliphatic rings. The van der Waals surface area contributed by atoms with Gasteiger partial charge in [0.05, 0.1) is 4.92 Å². The molecule has 102 valence electrons. The van der Waals surface area contributed by atoms with Gasteiger partial charge in [-0.1, -0.05) is 0 Å². The molecule has 0 aliphatic carbocycles. The second-order valence-corrected chi connectivity index (χ2v) is 4.43. The lowest BCUT2D eigenvalue weighted by molar-refractivity contribution is -0.385. The lowest BCUT2D eigenvalue weighted by Crippen LogP contribution is -2.47. The van der Waals surface area contributed by atoms with Gasteiger partial charge in [0.15, 0.2) is 0 Å². The minimum absolute atomic E-state index is 0.0482. The third kappa shape index (κ3) is 3.30. The first-order valence-electron chi connectivity index (χ1n) is 5.97. The molecule has 3 N–H and O–H groups in total. The molecule has 2 amide bonds. The Kier molecular flexibility index (Phi) is 3.79. The quantitative estimate of drug-likeness (QED) is 0.623. The van der Waals surface area contributed by atoms with Gasteiger partial charge in [-0.3, -0.25) is 10.1 Å². The number of rotatable bonds is 3. The van der Waals surface area contributed by atoms with E-state index >= 15 is 0 Å². The molecule has 1 atom stereocenters. The van der Waals surface area contributed by atoms with Gasteiger partial charge in [0, 0.05) is 25.2 Å². The SMILES string of the molecule is NC(=O)N1CCC[C@@H](Nc2ccc([N+](=O)[O-])cn2)C1. The summed E-state index contributed by atoms with van der Waals surface area (Å²) >= 11 is 0. The summed E-state index contributed by atoms with van der Waals surface area (Å²) in [5.41, 5.74) is 5.20. The van der Waals surface area contributed by atoms with E-state index in [1.807, 2.05) is 0 Å². The van der Waals surface area contributed by atoms with Crippen LogP contribution in [0.25, 0.3) is 0 Å². The van der Waals surface area contributed by atoms with Crippen molar-refractivity contribution in [2.75, 3.05) is 18.4 Å². The standard InChI is InChI=1S/C11H15N5O3/c12-11(17)15-5-1-2-8(7-15)14-10-4-3-9(6-13-10)16(18)19/h3-4,6,8H,1-2,5,7H2,(H2,12,17)(H,13,14)/t8-/m1/s1. The minimum atomic E-state index is -0.494. The third-order valence-electron chi connectivity index (χ3n) is 3.04. The van der Waals surface area contributed by atoms with Crippen LogP contribution in [0.15, 0.2) is 18.3 Å². The number of nitrogens with zero attached hydrogens (tertiary/aromatic N) is 3. The van der Waals surface area contributed by atoms with Crippen LogP contribution in [-0.4, -0.2) is 40.0 Å². The van der Waals surface area contributed by atoms with Gasteiger partial charge in [-0.2, -0.15) is 0 Å². The Balaban J connectivity index is 1.96. The van der Waals surface area contributed by atoms with Crippen molar-refractivity contribution in [3.05, 3.63) is 28.4 Å². The average molecular weight is 265 g/mol. The van der Waals surface area contributed by atoms with E-state index in [4.69, 9.17) is 5.73 Å². The van der Waals surface area contributed by atoms with Crippen molar-refractivity contribution in [3.63, 3.8) is 0 Å². The molecule has 2 rings (SSSR count). The largest absolute Gasteiger partial charge is 0.366 e. The number of piperidine rings is 1. The predicted octanol–water partition coefficient (Wildman–Crippen LogP) is 0.945. The second-order valence-electron chi connectivity index (χ2n) is 4.43. The van der Waals surface area contributed by atoms with Gasteiger partial charge in [-0.15, -0.1) is 0 Å². The summed E-state index contributed by atoms with van der Waals surface area (Å²) in [6.45, 7) is 1.19. The monoisotopic (exact) mass is 265 g/mol. The molecule has 1 fully saturated rings. The average Bonchev–Trinajstić information content (AvgIpc) is 2.39. The van der Waals surface area contributed by atoms with Crippen LogP contribution in [0.2, 0.25) is 0 Å². The fourth-order valence-electron chi connectivity index (χ4n) is 2.08. The van der Waals surface area contributed by atoms with Crippen LogP contribution in [0, 0.1) is 10.1 Å². The minimum Gasteiger partial charge on any atom is -0.366 e. The first kappa shape index (κ1) is 13.1. The number of anilines is 1. The smallest absolute Gasteiger partial charge is 0.314 e. The lowest BCUT2D eigenvalue weighted by Gasteiger charge is -2.32. The number of nitrogens with one attached hydrogen (secondary N) is 1. The summed E-state index contributed by atoms with van der Waals surface area (Å²) in [4.78, 5) is 26.7. The van der Waals surface area contributed by atoms with Crippen molar-refractivity contribution in [2.45, 2.75) is 18.9 Å². The van der Waals surface area contributed by atoms with Crippen LogP contribution in [0.1, 0.15) is 12.8 Å². The summed E-state index contributed by atoms with van der Waals surface area (Å²) < 4.78 is 0. The lowest BCUT2D eigenvalue weighted by atomic mass is 10.1. The maximum absolute atomic E-state index is 11.1. The van der Waals surface area contributed by atoms with Gasteiger partial charge in [0.1, 0.15) is 12.0 Å². The Labute approximate surface area is 109 Å². The second kappa shape index (κ2) is 5.51. The molecule has 0 spiro atoms. The summed E-state index contributed by atoms with van der Waals surface area (Å²) in [5.74, 6) is 0.557. The van der Waals surface area contributed by atoms with E-state index in [2.05, 4.69) is 10.3 Å². The van der Waals surface area contributed by atoms with Crippen molar-refractivity contribution in [3.8, 4) is 0 Å². The first-order valence-corrected chi connectivity index (χ1v) is 5.97. The Morgan fingerprint density at radius 1 is 1.58 bits per heavy atom. The highest BCUT2D eigenvalue weighted by Gasteiger charge is 2.22. The van der Waals surface area contributed by atoms with Crippen molar-refractivity contribution in [1.82, 2.24) is 9.88 Å². The van der Waals surface area contributed by atoms with E-state index in [1.54, 1.807) is 11.0 Å². The van der Waals surface area contributed by atoms with E-state index in [0.29, 0.717) is 18.9 Å². The molecular formula is C11H15N5O3. The molecule has 19 heavy (non-hydrogen) atoms. The molecule has 1 aromatic rings. The number of carbonyl (C=O) groups is 1. The Bertz CT molecular complexity index is 476. The summed E-state index contributed by atoms with van der Waals surface area (Å²) in [6, 6.07) is 2.59. The first-order chi connectivity index (χ1) is 9.06. The molecule has 1 aliphatic heterocycles. The van der Waals surface area contributed by atoms with Crippen LogP contribution in [-0.2, 0) is 0 Å². The van der Waals surface area contributed by atoms with Crippen molar-refractivity contribution < 1.29 is 9.72 Å². The molecule has 8 heteroatoms. The highest BCUT2D eigenvalue weighted by molar-refractivity contribution is 5.72. The van der Waals surface area contributed by atoms with E-state index in [9.17, 15) is 14.9 Å². The highest BCUT2D eigenvalue weighted by Crippen LogP contribution is 2.16. The van der Waals surface area contributed by atoms with E-state index in [1.165, 1.54) is 12.3 Å². The molecule has 0 bridgehead atoms. The molecule has 1 aromatic heterocycles. The molecule has 0 unspecified atom stereocenters. The predicted molar refractivity (Wildman–Crippen MR) is 68.7 cm³/mol. The molecule has 2 heterocycles. The van der Waals surface area contributed by atoms with Crippen LogP contribution >= 0.6 is 0 Å². The number of nitro groups is 1. The number of aromatic nitrogens is 1. The van der Waals surface area contributed by atoms with Gasteiger partial charge < -0.3 is 16.0 Å². The van der Waals surface area contributed by atoms with E-state index in [0.717, 1.165) is 12.8 Å². The molecule has 0 saturated carbocycles. The number of pyridine rings is 1. The molecule has 8 nitrogen and oxygen atoms in total. The van der Waals surface area contributed by atoms with Gasteiger partial charge in [0.25, 0.3) is 5.69 Å². The number of likely N-dealkylation sites (tertiary alicyclic amines) is 1. The van der Waals surface area contributed by atoms with Crippen LogP contribution in [0.4, 0.5) is 16.3 Å². The van der Waals surface area contributed by atoms with E-state index < -0.39 is 11.0 Å². The van der Waals surface area contributed by atoms with Crippen molar-refractivity contribution in [1.29, 1.82) is 0 Å². The normalized spacial score (nSPS) is 18.9. The molecule has 0 aromatic carbocycles. The van der Waals surface area contributed by atoms with Crippen LogP contribution in [0.3, 0.4) is 0 Å². The highest BCUT2D eigenvalue weighted by atomic mass is 16.6. The molecular weight excluding hydrogens is 250 g/mol. The maximum Gasteiger partial charge on any atom is 0.314 e. The molecule has 0 radical (unpaired) electrons. The topological polar surface area (TPSA) is 114 Å². The maximum atomic E-state index is 11.1. The number of nitrogens with two attached hydrogens (primary N) is 1. The fraction of sp³-hybridized carbons (Fsp3) is 0.455. The van der Waals surface area contributed by atoms with Gasteiger partial charge >= 0.3 is 6.03 Å². The number of primary amides is 1. The number of hydrogen-bond donors (Lipinski definition) is 2. The zero-order valence-electron chi connectivity index (χ0n) is 10.3. The molecule has 1 saturated heterocycles. The number of hydrogen-bond acceptors (Lipinski definition) is 5. The number of urea groups is 1. The van der Waals surface area contributed by atoms with Crippen LogP contribution in [0.5, 0.6) is 0 Å². The summed E-state index contributed by atoms with van der Waals surface area (Å²) in [5, 5.41) is 13.7. The number of amides is 2. The van der Waals surface area contributed by atoms with Gasteiger partial charge in [-0.05, 0) is 18.9 Å². The summed E-state index contributed by atoms with van der Waals surface area (Å²) in [6.07, 6.45) is 2.98. The Hall–Kier alpha value is -2.38. The zero-order chi connectivity index (χ0) is 13.8. The third-order valence-corrected chi connectivity index (χ3v) is 3.04. The zero-order valence-corrected chi connectivity index (χ0v) is 10.3.